The minimum absolute atomic E-state index is 0.00910. The molecule has 2 aromatic rings. The summed E-state index contributed by atoms with van der Waals surface area (Å²) >= 11 is 0. The van der Waals surface area contributed by atoms with Crippen LogP contribution in [-0.4, -0.2) is 12.5 Å². The molecule has 0 atom stereocenters. The fraction of sp³-hybridized carbons (Fsp3) is 0.278. The highest BCUT2D eigenvalue weighted by atomic mass is 16.1. The van der Waals surface area contributed by atoms with Crippen LogP contribution < -0.4 is 11.1 Å². The van der Waals surface area contributed by atoms with Crippen molar-refractivity contribution in [1.29, 1.82) is 0 Å². The number of hydrogen-bond donors (Lipinski definition) is 2. The first kappa shape index (κ1) is 15.3. The molecule has 0 bridgehead atoms. The van der Waals surface area contributed by atoms with Crippen LogP contribution in [0.15, 0.2) is 48.5 Å². The molecule has 3 nitrogen and oxygen atoms in total. The van der Waals surface area contributed by atoms with Crippen LogP contribution in [0.3, 0.4) is 0 Å². The van der Waals surface area contributed by atoms with Crippen molar-refractivity contribution in [2.24, 2.45) is 5.73 Å². The summed E-state index contributed by atoms with van der Waals surface area (Å²) in [4.78, 5) is 12.1. The van der Waals surface area contributed by atoms with Crippen LogP contribution in [-0.2, 0) is 17.6 Å². The lowest BCUT2D eigenvalue weighted by Crippen LogP contribution is -2.14. The van der Waals surface area contributed by atoms with Crippen molar-refractivity contribution in [2.45, 2.75) is 26.2 Å². The molecular weight excluding hydrogens is 260 g/mol. The molecule has 2 aromatic carbocycles. The van der Waals surface area contributed by atoms with Crippen molar-refractivity contribution in [2.75, 3.05) is 11.9 Å². The second-order valence-corrected chi connectivity index (χ2v) is 5.30. The topological polar surface area (TPSA) is 55.1 Å². The van der Waals surface area contributed by atoms with Crippen LogP contribution in [0.4, 0.5) is 5.69 Å². The summed E-state index contributed by atoms with van der Waals surface area (Å²) in [6.07, 6.45) is 2.30. The lowest BCUT2D eigenvalue weighted by Gasteiger charge is -2.08. The van der Waals surface area contributed by atoms with E-state index < -0.39 is 0 Å². The maximum absolute atomic E-state index is 12.1. The minimum atomic E-state index is 0.00910. The number of carbonyl (C=O) groups is 1. The van der Waals surface area contributed by atoms with Crippen LogP contribution in [0, 0.1) is 6.92 Å². The number of carbonyl (C=O) groups excluding carboxylic acids is 1. The Hall–Kier alpha value is -2.13. The zero-order valence-corrected chi connectivity index (χ0v) is 12.4. The first-order valence-corrected chi connectivity index (χ1v) is 7.32. The third-order valence-electron chi connectivity index (χ3n) is 3.37. The summed E-state index contributed by atoms with van der Waals surface area (Å²) in [5.41, 5.74) is 9.80. The number of aryl methyl sites for hydroxylation is 2. The van der Waals surface area contributed by atoms with E-state index in [2.05, 4.69) is 11.4 Å². The first-order chi connectivity index (χ1) is 10.2. The van der Waals surface area contributed by atoms with Crippen molar-refractivity contribution in [3.05, 3.63) is 65.2 Å². The maximum atomic E-state index is 12.1. The van der Waals surface area contributed by atoms with Gasteiger partial charge in [0.2, 0.25) is 5.91 Å². The van der Waals surface area contributed by atoms with Gasteiger partial charge in [-0.05, 0) is 49.6 Å². The molecule has 0 fully saturated rings. The van der Waals surface area contributed by atoms with Gasteiger partial charge in [-0.15, -0.1) is 0 Å². The van der Waals surface area contributed by atoms with Gasteiger partial charge in [-0.25, -0.2) is 0 Å². The van der Waals surface area contributed by atoms with Crippen molar-refractivity contribution >= 4 is 11.6 Å². The van der Waals surface area contributed by atoms with Gasteiger partial charge in [0.1, 0.15) is 0 Å². The number of hydrogen-bond acceptors (Lipinski definition) is 2. The van der Waals surface area contributed by atoms with E-state index >= 15 is 0 Å². The molecule has 3 N–H and O–H groups in total. The fourth-order valence-corrected chi connectivity index (χ4v) is 2.21. The molecule has 0 saturated carbocycles. The molecule has 0 radical (unpaired) electrons. The standard InChI is InChI=1S/C18H22N2O/c1-14-7-9-16(10-8-14)13-18(21)20-17-6-2-4-15(12-17)5-3-11-19/h2,4,6-10,12H,3,5,11,13,19H2,1H3,(H,20,21). The van der Waals surface area contributed by atoms with Gasteiger partial charge in [-0.2, -0.15) is 0 Å². The van der Waals surface area contributed by atoms with Gasteiger partial charge in [0, 0.05) is 5.69 Å². The molecule has 0 unspecified atom stereocenters. The van der Waals surface area contributed by atoms with Crippen LogP contribution in [0.2, 0.25) is 0 Å². The summed E-state index contributed by atoms with van der Waals surface area (Å²) in [6, 6.07) is 16.0. The van der Waals surface area contributed by atoms with Crippen molar-refractivity contribution in [1.82, 2.24) is 0 Å². The zero-order chi connectivity index (χ0) is 15.1. The second kappa shape index (κ2) is 7.60. The Morgan fingerprint density at radius 3 is 2.57 bits per heavy atom. The van der Waals surface area contributed by atoms with Gasteiger partial charge in [-0.3, -0.25) is 4.79 Å². The third-order valence-corrected chi connectivity index (χ3v) is 3.37. The Morgan fingerprint density at radius 1 is 1.10 bits per heavy atom. The van der Waals surface area contributed by atoms with Gasteiger partial charge in [0.15, 0.2) is 0 Å². The number of rotatable bonds is 6. The lowest BCUT2D eigenvalue weighted by atomic mass is 10.1. The molecular formula is C18H22N2O. The molecule has 110 valence electrons. The lowest BCUT2D eigenvalue weighted by molar-refractivity contribution is -0.115. The molecule has 0 saturated heterocycles. The van der Waals surface area contributed by atoms with E-state index in [9.17, 15) is 4.79 Å². The molecule has 0 aliphatic carbocycles. The number of nitrogens with two attached hydrogens (primary N) is 1. The van der Waals surface area contributed by atoms with E-state index in [1.807, 2.05) is 49.4 Å². The molecule has 0 aliphatic rings. The number of amides is 1. The van der Waals surface area contributed by atoms with Crippen molar-refractivity contribution in [3.63, 3.8) is 0 Å². The van der Waals surface area contributed by atoms with Gasteiger partial charge in [0.25, 0.3) is 0 Å². The SMILES string of the molecule is Cc1ccc(CC(=O)Nc2cccc(CCCN)c2)cc1. The van der Waals surface area contributed by atoms with E-state index in [1.54, 1.807) is 0 Å². The summed E-state index contributed by atoms with van der Waals surface area (Å²) in [6.45, 7) is 2.72. The Kier molecular flexibility index (Phi) is 5.52. The molecule has 2 rings (SSSR count). The Labute approximate surface area is 126 Å². The quantitative estimate of drug-likeness (QED) is 0.855. The number of nitrogens with one attached hydrogen (secondary N) is 1. The summed E-state index contributed by atoms with van der Waals surface area (Å²) < 4.78 is 0. The van der Waals surface area contributed by atoms with Crippen LogP contribution in [0.1, 0.15) is 23.1 Å². The second-order valence-electron chi connectivity index (χ2n) is 5.30. The summed E-state index contributed by atoms with van der Waals surface area (Å²) in [7, 11) is 0. The van der Waals surface area contributed by atoms with Crippen LogP contribution in [0.25, 0.3) is 0 Å². The molecule has 0 aromatic heterocycles. The van der Waals surface area contributed by atoms with Crippen molar-refractivity contribution < 1.29 is 4.79 Å². The van der Waals surface area contributed by atoms with E-state index in [0.29, 0.717) is 13.0 Å². The molecule has 0 aliphatic heterocycles. The van der Waals surface area contributed by atoms with Crippen LogP contribution >= 0.6 is 0 Å². The molecule has 21 heavy (non-hydrogen) atoms. The average molecular weight is 282 g/mol. The minimum Gasteiger partial charge on any atom is -0.330 e. The normalized spacial score (nSPS) is 10.4. The number of benzene rings is 2. The fourth-order valence-electron chi connectivity index (χ4n) is 2.21. The Balaban J connectivity index is 1.94. The monoisotopic (exact) mass is 282 g/mol. The predicted octanol–water partition coefficient (Wildman–Crippen LogP) is 3.07. The van der Waals surface area contributed by atoms with Crippen LogP contribution in [0.5, 0.6) is 0 Å². The molecule has 1 amide bonds. The van der Waals surface area contributed by atoms with Crippen molar-refractivity contribution in [3.8, 4) is 0 Å². The predicted molar refractivity (Wildman–Crippen MR) is 87.3 cm³/mol. The zero-order valence-electron chi connectivity index (χ0n) is 12.4. The van der Waals surface area contributed by atoms with Gasteiger partial charge in [0.05, 0.1) is 6.42 Å². The third kappa shape index (κ3) is 5.04. The highest BCUT2D eigenvalue weighted by Crippen LogP contribution is 2.13. The molecule has 3 heteroatoms. The van der Waals surface area contributed by atoms with Gasteiger partial charge >= 0.3 is 0 Å². The summed E-state index contributed by atoms with van der Waals surface area (Å²) in [5, 5.41) is 2.95. The average Bonchev–Trinajstić information content (AvgIpc) is 2.48. The first-order valence-electron chi connectivity index (χ1n) is 7.32. The highest BCUT2D eigenvalue weighted by molar-refractivity contribution is 5.92. The number of anilines is 1. The van der Waals surface area contributed by atoms with E-state index in [4.69, 9.17) is 5.73 Å². The van der Waals surface area contributed by atoms with Gasteiger partial charge < -0.3 is 11.1 Å². The van der Waals surface area contributed by atoms with E-state index in [-0.39, 0.29) is 5.91 Å². The van der Waals surface area contributed by atoms with Gasteiger partial charge in [-0.1, -0.05) is 42.0 Å². The highest BCUT2D eigenvalue weighted by Gasteiger charge is 2.04. The van der Waals surface area contributed by atoms with E-state index in [0.717, 1.165) is 24.1 Å². The Bertz CT molecular complexity index is 590. The smallest absolute Gasteiger partial charge is 0.228 e. The molecule has 0 heterocycles. The summed E-state index contributed by atoms with van der Waals surface area (Å²) in [5.74, 6) is 0.00910. The van der Waals surface area contributed by atoms with E-state index in [1.165, 1.54) is 11.1 Å². The maximum Gasteiger partial charge on any atom is 0.228 e. The Morgan fingerprint density at radius 2 is 1.86 bits per heavy atom. The largest absolute Gasteiger partial charge is 0.330 e. The molecule has 0 spiro atoms.